The topological polar surface area (TPSA) is 95.4 Å². The van der Waals surface area contributed by atoms with E-state index >= 15 is 0 Å². The standard InChI is InChI=1S/C10H13N7S/c1-3-6-7(4-2)14-15-10(13-6)17-5-12-9(16-17)8(11)18/h5H,3-4H2,1-2H3,(H2,11,18). The van der Waals surface area contributed by atoms with Crippen LogP contribution in [0.1, 0.15) is 31.1 Å². The molecule has 2 aromatic rings. The molecule has 0 saturated carbocycles. The summed E-state index contributed by atoms with van der Waals surface area (Å²) < 4.78 is 1.42. The van der Waals surface area contributed by atoms with Crippen molar-refractivity contribution < 1.29 is 0 Å². The predicted octanol–water partition coefficient (Wildman–Crippen LogP) is 0.211. The van der Waals surface area contributed by atoms with E-state index in [4.69, 9.17) is 18.0 Å². The fraction of sp³-hybridized carbons (Fsp3) is 0.400. The molecule has 0 aliphatic rings. The van der Waals surface area contributed by atoms with Crippen LogP contribution in [0.4, 0.5) is 0 Å². The minimum atomic E-state index is 0.141. The van der Waals surface area contributed by atoms with E-state index in [1.807, 2.05) is 13.8 Å². The Morgan fingerprint density at radius 3 is 2.56 bits per heavy atom. The molecule has 8 heteroatoms. The van der Waals surface area contributed by atoms with Gasteiger partial charge in [0.05, 0.1) is 11.4 Å². The second-order valence-electron chi connectivity index (χ2n) is 3.59. The summed E-state index contributed by atoms with van der Waals surface area (Å²) in [4.78, 5) is 8.52. The molecule has 0 saturated heterocycles. The second kappa shape index (κ2) is 5.13. The van der Waals surface area contributed by atoms with Crippen molar-refractivity contribution in [2.75, 3.05) is 0 Å². The van der Waals surface area contributed by atoms with E-state index in [0.717, 1.165) is 24.2 Å². The fourth-order valence-corrected chi connectivity index (χ4v) is 1.59. The average molecular weight is 263 g/mol. The lowest BCUT2D eigenvalue weighted by molar-refractivity contribution is 0.728. The van der Waals surface area contributed by atoms with E-state index in [2.05, 4.69) is 25.3 Å². The molecule has 0 radical (unpaired) electrons. The summed E-state index contributed by atoms with van der Waals surface area (Å²) in [7, 11) is 0. The number of hydrogen-bond donors (Lipinski definition) is 1. The van der Waals surface area contributed by atoms with E-state index in [-0.39, 0.29) is 4.99 Å². The molecule has 2 rings (SSSR count). The molecule has 2 N–H and O–H groups in total. The number of nitrogens with zero attached hydrogens (tertiary/aromatic N) is 6. The summed E-state index contributed by atoms with van der Waals surface area (Å²) in [5.74, 6) is 0.672. The van der Waals surface area contributed by atoms with Crippen LogP contribution in [0.5, 0.6) is 0 Å². The molecule has 0 fully saturated rings. The molecule has 7 nitrogen and oxygen atoms in total. The van der Waals surface area contributed by atoms with Gasteiger partial charge in [-0.05, 0) is 12.8 Å². The number of aromatic nitrogens is 6. The molecule has 0 amide bonds. The van der Waals surface area contributed by atoms with Gasteiger partial charge >= 0.3 is 0 Å². The Morgan fingerprint density at radius 2 is 2.00 bits per heavy atom. The van der Waals surface area contributed by atoms with Gasteiger partial charge in [0.2, 0.25) is 5.82 Å². The summed E-state index contributed by atoms with van der Waals surface area (Å²) >= 11 is 4.80. The van der Waals surface area contributed by atoms with Gasteiger partial charge in [-0.2, -0.15) is 4.68 Å². The lowest BCUT2D eigenvalue weighted by Gasteiger charge is -2.04. The zero-order chi connectivity index (χ0) is 13.1. The summed E-state index contributed by atoms with van der Waals surface area (Å²) in [6.07, 6.45) is 3.07. The van der Waals surface area contributed by atoms with Crippen LogP contribution in [0.25, 0.3) is 5.95 Å². The van der Waals surface area contributed by atoms with Crippen molar-refractivity contribution in [3.8, 4) is 5.95 Å². The average Bonchev–Trinajstić information content (AvgIpc) is 2.87. The summed E-state index contributed by atoms with van der Waals surface area (Å²) in [6.45, 7) is 4.04. The van der Waals surface area contributed by atoms with Crippen LogP contribution in [0.15, 0.2) is 6.33 Å². The molecule has 0 aliphatic heterocycles. The third kappa shape index (κ3) is 2.33. The second-order valence-corrected chi connectivity index (χ2v) is 4.03. The number of thiocarbonyl (C=S) groups is 1. The molecule has 94 valence electrons. The largest absolute Gasteiger partial charge is 0.387 e. The lowest BCUT2D eigenvalue weighted by atomic mass is 10.2. The van der Waals surface area contributed by atoms with Crippen LogP contribution < -0.4 is 5.73 Å². The van der Waals surface area contributed by atoms with E-state index in [1.54, 1.807) is 0 Å². The number of aryl methyl sites for hydroxylation is 2. The summed E-state index contributed by atoms with van der Waals surface area (Å²) in [6, 6.07) is 0. The van der Waals surface area contributed by atoms with Crippen LogP contribution in [0.2, 0.25) is 0 Å². The van der Waals surface area contributed by atoms with Crippen LogP contribution in [0.3, 0.4) is 0 Å². The van der Waals surface area contributed by atoms with Crippen LogP contribution >= 0.6 is 12.2 Å². The Labute approximate surface area is 109 Å². The van der Waals surface area contributed by atoms with Gasteiger partial charge in [-0.15, -0.1) is 15.3 Å². The summed E-state index contributed by atoms with van der Waals surface area (Å²) in [5, 5.41) is 12.2. The van der Waals surface area contributed by atoms with E-state index < -0.39 is 0 Å². The predicted molar refractivity (Wildman–Crippen MR) is 69.4 cm³/mol. The molecule has 2 heterocycles. The van der Waals surface area contributed by atoms with Crippen LogP contribution in [-0.2, 0) is 12.8 Å². The van der Waals surface area contributed by atoms with Crippen molar-refractivity contribution in [3.05, 3.63) is 23.5 Å². The molecule has 2 aromatic heterocycles. The van der Waals surface area contributed by atoms with Crippen molar-refractivity contribution in [2.24, 2.45) is 5.73 Å². The van der Waals surface area contributed by atoms with E-state index in [9.17, 15) is 0 Å². The SMILES string of the molecule is CCc1nnc(-n2cnc(C(N)=S)n2)nc1CC. The van der Waals surface area contributed by atoms with Gasteiger partial charge in [0.15, 0.2) is 0 Å². The Hall–Kier alpha value is -1.96. The van der Waals surface area contributed by atoms with Gasteiger partial charge in [0.1, 0.15) is 11.3 Å². The van der Waals surface area contributed by atoms with Crippen molar-refractivity contribution in [1.82, 2.24) is 29.9 Å². The maximum Gasteiger partial charge on any atom is 0.271 e. The minimum Gasteiger partial charge on any atom is -0.387 e. The quantitative estimate of drug-likeness (QED) is 0.788. The highest BCUT2D eigenvalue weighted by Crippen LogP contribution is 2.06. The summed E-state index contributed by atoms with van der Waals surface area (Å²) in [5.41, 5.74) is 7.25. The van der Waals surface area contributed by atoms with Crippen LogP contribution in [-0.4, -0.2) is 34.9 Å². The lowest BCUT2D eigenvalue weighted by Crippen LogP contribution is -2.13. The third-order valence-corrected chi connectivity index (χ3v) is 2.60. The Kier molecular flexibility index (Phi) is 3.56. The molecular weight excluding hydrogens is 250 g/mol. The monoisotopic (exact) mass is 263 g/mol. The van der Waals surface area contributed by atoms with Gasteiger partial charge in [-0.25, -0.2) is 9.97 Å². The molecule has 0 aliphatic carbocycles. The van der Waals surface area contributed by atoms with Crippen molar-refractivity contribution in [2.45, 2.75) is 26.7 Å². The smallest absolute Gasteiger partial charge is 0.271 e. The number of hydrogen-bond acceptors (Lipinski definition) is 6. The van der Waals surface area contributed by atoms with Gasteiger partial charge in [0.25, 0.3) is 5.95 Å². The van der Waals surface area contributed by atoms with Crippen molar-refractivity contribution in [1.29, 1.82) is 0 Å². The Bertz CT molecular complexity index is 577. The number of nitrogens with two attached hydrogens (primary N) is 1. The van der Waals surface area contributed by atoms with Gasteiger partial charge < -0.3 is 5.73 Å². The number of rotatable bonds is 4. The Morgan fingerprint density at radius 1 is 1.28 bits per heavy atom. The maximum atomic E-state index is 5.44. The van der Waals surface area contributed by atoms with E-state index in [1.165, 1.54) is 11.0 Å². The molecule has 0 bridgehead atoms. The minimum absolute atomic E-state index is 0.141. The van der Waals surface area contributed by atoms with E-state index in [0.29, 0.717) is 11.8 Å². The molecular formula is C10H13N7S. The highest BCUT2D eigenvalue weighted by Gasteiger charge is 2.10. The maximum absolute atomic E-state index is 5.44. The van der Waals surface area contributed by atoms with Crippen LogP contribution in [0, 0.1) is 0 Å². The molecule has 0 aromatic carbocycles. The molecule has 0 unspecified atom stereocenters. The molecule has 0 spiro atoms. The zero-order valence-electron chi connectivity index (χ0n) is 10.2. The Balaban J connectivity index is 2.41. The first-order valence-corrected chi connectivity index (χ1v) is 6.00. The first-order valence-electron chi connectivity index (χ1n) is 5.60. The first-order chi connectivity index (χ1) is 8.65. The zero-order valence-corrected chi connectivity index (χ0v) is 11.0. The molecule has 0 atom stereocenters. The van der Waals surface area contributed by atoms with Gasteiger partial charge in [0, 0.05) is 0 Å². The normalized spacial score (nSPS) is 10.6. The van der Waals surface area contributed by atoms with Gasteiger partial charge in [-0.1, -0.05) is 26.1 Å². The van der Waals surface area contributed by atoms with Crippen molar-refractivity contribution in [3.63, 3.8) is 0 Å². The highest BCUT2D eigenvalue weighted by atomic mass is 32.1. The highest BCUT2D eigenvalue weighted by molar-refractivity contribution is 7.80. The van der Waals surface area contributed by atoms with Crippen molar-refractivity contribution >= 4 is 17.2 Å². The molecule has 18 heavy (non-hydrogen) atoms. The third-order valence-electron chi connectivity index (χ3n) is 2.42. The first kappa shape index (κ1) is 12.5. The van der Waals surface area contributed by atoms with Gasteiger partial charge in [-0.3, -0.25) is 0 Å². The fourth-order valence-electron chi connectivity index (χ4n) is 1.50.